The fourth-order valence-corrected chi connectivity index (χ4v) is 10.1. The minimum Gasteiger partial charge on any atom is -0.456 e. The van der Waals surface area contributed by atoms with Crippen LogP contribution in [0.1, 0.15) is 30.0 Å². The summed E-state index contributed by atoms with van der Waals surface area (Å²) in [4.78, 5) is 11.4. The van der Waals surface area contributed by atoms with Gasteiger partial charge in [0.15, 0.2) is 5.84 Å². The average molecular weight is 832 g/mol. The predicted octanol–water partition coefficient (Wildman–Crippen LogP) is 16.1. The summed E-state index contributed by atoms with van der Waals surface area (Å²) in [6.45, 7) is 2.29. The lowest BCUT2D eigenvalue weighted by atomic mass is 9.91. The number of fused-ring (bicyclic) bond motifs is 9. The zero-order valence-electron chi connectivity index (χ0n) is 35.7. The third-order valence-electron chi connectivity index (χ3n) is 13.4. The van der Waals surface area contributed by atoms with Crippen LogP contribution in [0.25, 0.3) is 98.6 Å². The van der Waals surface area contributed by atoms with Gasteiger partial charge in [0, 0.05) is 38.6 Å². The van der Waals surface area contributed by atoms with Gasteiger partial charge in [-0.2, -0.15) is 0 Å². The second-order valence-electron chi connectivity index (χ2n) is 17.4. The highest BCUT2D eigenvalue weighted by atomic mass is 16.3. The molecule has 306 valence electrons. The first kappa shape index (κ1) is 37.2. The smallest absolute Gasteiger partial charge is 0.160 e. The topological polar surface area (TPSA) is 42.8 Å². The van der Waals surface area contributed by atoms with E-state index in [-0.39, 0.29) is 5.92 Å². The van der Waals surface area contributed by atoms with Gasteiger partial charge in [-0.25, -0.2) is 9.98 Å². The van der Waals surface area contributed by atoms with Crippen molar-refractivity contribution >= 4 is 93.3 Å². The van der Waals surface area contributed by atoms with Gasteiger partial charge in [0.1, 0.15) is 11.2 Å². The molecule has 0 radical (unpaired) electrons. The number of amidine groups is 1. The highest BCUT2D eigenvalue weighted by molar-refractivity contribution is 6.20. The Balaban J connectivity index is 1.12. The summed E-state index contributed by atoms with van der Waals surface area (Å²) >= 11 is 0. The highest BCUT2D eigenvalue weighted by Gasteiger charge is 2.26. The lowest BCUT2D eigenvalue weighted by Crippen LogP contribution is -2.17. The van der Waals surface area contributed by atoms with E-state index >= 15 is 0 Å². The minimum absolute atomic E-state index is 0.0764. The third kappa shape index (κ3) is 6.21. The minimum atomic E-state index is 0.0764. The lowest BCUT2D eigenvalue weighted by molar-refractivity contribution is 0.669. The molecule has 12 aromatic rings. The zero-order chi connectivity index (χ0) is 43.0. The average Bonchev–Trinajstić information content (AvgIpc) is 3.88. The molecule has 0 saturated carbocycles. The van der Waals surface area contributed by atoms with Gasteiger partial charge in [0.05, 0.1) is 28.1 Å². The van der Waals surface area contributed by atoms with Crippen LogP contribution in [0.3, 0.4) is 0 Å². The molecular weight excluding hydrogens is 791 g/mol. The van der Waals surface area contributed by atoms with E-state index in [0.29, 0.717) is 5.84 Å². The van der Waals surface area contributed by atoms with E-state index in [4.69, 9.17) is 14.4 Å². The van der Waals surface area contributed by atoms with Crippen molar-refractivity contribution < 1.29 is 4.42 Å². The molecule has 65 heavy (non-hydrogen) atoms. The summed E-state index contributed by atoms with van der Waals surface area (Å²) in [7, 11) is 0. The summed E-state index contributed by atoms with van der Waals surface area (Å²) in [6, 6.07) is 74.0. The van der Waals surface area contributed by atoms with Crippen LogP contribution in [0, 0.1) is 5.92 Å². The monoisotopic (exact) mass is 831 g/mol. The number of hydrogen-bond acceptors (Lipinski definition) is 3. The quantitative estimate of drug-likeness (QED) is 0.170. The molecule has 0 N–H and O–H groups in total. The molecule has 10 aromatic carbocycles. The molecule has 0 saturated heterocycles. The van der Waals surface area contributed by atoms with Crippen molar-refractivity contribution in [2.45, 2.75) is 13.3 Å². The number of rotatable bonds is 5. The van der Waals surface area contributed by atoms with Crippen molar-refractivity contribution in [1.82, 2.24) is 4.57 Å². The predicted molar refractivity (Wildman–Crippen MR) is 274 cm³/mol. The molecule has 1 aliphatic rings. The van der Waals surface area contributed by atoms with E-state index in [1.807, 2.05) is 0 Å². The molecule has 0 spiro atoms. The molecule has 4 nitrogen and oxygen atoms in total. The van der Waals surface area contributed by atoms with Crippen LogP contribution in [-0.4, -0.2) is 16.1 Å². The lowest BCUT2D eigenvalue weighted by Gasteiger charge is -2.21. The van der Waals surface area contributed by atoms with Gasteiger partial charge in [-0.15, -0.1) is 0 Å². The first-order valence-corrected chi connectivity index (χ1v) is 22.4. The van der Waals surface area contributed by atoms with Gasteiger partial charge in [-0.05, 0) is 104 Å². The third-order valence-corrected chi connectivity index (χ3v) is 13.4. The molecule has 3 heterocycles. The van der Waals surface area contributed by atoms with Gasteiger partial charge in [0.25, 0.3) is 0 Å². The standard InChI is InChI=1S/C61H41N3O/c1-38-23-30-52(62-61(42-27-24-41(25-28-42)39-13-3-2-4-14-39)63-60(38)48-29-26-40-15-5-6-16-43(40)33-48)59-54(31-32-56-58(59)51-35-45-18-8-10-20-47(45)37-57(51)65-56)64-53-22-12-11-21-49(53)50-34-44-17-7-9-19-46(44)36-55(50)64/h2-22,24-38H,23H2,1H3/b52-30+,62-61-,63-60+. The van der Waals surface area contributed by atoms with Crippen LogP contribution in [0.4, 0.5) is 0 Å². The van der Waals surface area contributed by atoms with Crippen LogP contribution < -0.4 is 0 Å². The first-order valence-electron chi connectivity index (χ1n) is 22.4. The number of allylic oxidation sites excluding steroid dienone is 1. The fourth-order valence-electron chi connectivity index (χ4n) is 10.1. The summed E-state index contributed by atoms with van der Waals surface area (Å²) in [5, 5.41) is 11.6. The van der Waals surface area contributed by atoms with E-state index in [9.17, 15) is 0 Å². The summed E-state index contributed by atoms with van der Waals surface area (Å²) in [6.07, 6.45) is 3.08. The van der Waals surface area contributed by atoms with E-state index in [1.165, 1.54) is 37.9 Å². The largest absolute Gasteiger partial charge is 0.456 e. The summed E-state index contributed by atoms with van der Waals surface area (Å²) < 4.78 is 9.29. The Labute approximate surface area is 375 Å². The Bertz CT molecular complexity index is 3980. The highest BCUT2D eigenvalue weighted by Crippen LogP contribution is 2.44. The number of nitrogens with zero attached hydrogens (tertiary/aromatic N) is 3. The Morgan fingerprint density at radius 3 is 1.82 bits per heavy atom. The zero-order valence-corrected chi connectivity index (χ0v) is 35.7. The number of aliphatic imine (C=N–C) groups is 2. The van der Waals surface area contributed by atoms with E-state index in [1.54, 1.807) is 0 Å². The van der Waals surface area contributed by atoms with Crippen LogP contribution in [0.2, 0.25) is 0 Å². The first-order chi connectivity index (χ1) is 32.1. The van der Waals surface area contributed by atoms with Crippen LogP contribution in [-0.2, 0) is 0 Å². The van der Waals surface area contributed by atoms with Gasteiger partial charge >= 0.3 is 0 Å². The van der Waals surface area contributed by atoms with E-state index in [0.717, 1.165) is 89.5 Å². The molecule has 1 unspecified atom stereocenters. The number of hydrogen-bond donors (Lipinski definition) is 0. The molecule has 0 fully saturated rings. The molecule has 0 amide bonds. The Morgan fingerprint density at radius 2 is 1.05 bits per heavy atom. The second-order valence-corrected chi connectivity index (χ2v) is 17.4. The van der Waals surface area contributed by atoms with E-state index < -0.39 is 0 Å². The summed E-state index contributed by atoms with van der Waals surface area (Å²) in [5.41, 5.74) is 12.2. The maximum absolute atomic E-state index is 6.84. The Morgan fingerprint density at radius 1 is 0.446 bits per heavy atom. The van der Waals surface area contributed by atoms with Crippen LogP contribution in [0.15, 0.2) is 227 Å². The van der Waals surface area contributed by atoms with E-state index in [2.05, 4.69) is 224 Å². The molecule has 0 aliphatic carbocycles. The normalized spacial score (nSPS) is 17.0. The molecular formula is C61H41N3O. The van der Waals surface area contributed by atoms with Crippen molar-refractivity contribution in [2.24, 2.45) is 15.9 Å². The SMILES string of the molecule is CC1C/C=C(c2c(-n3c4ccccc4c4cc5ccccc5cc43)ccc3oc4cc5ccccc5cc4c23)/N=C(c2ccc(-c3ccccc3)cc2)\N=C/1c1ccc2ccccc2c1. The maximum atomic E-state index is 6.84. The van der Waals surface area contributed by atoms with Crippen molar-refractivity contribution in [3.8, 4) is 16.8 Å². The van der Waals surface area contributed by atoms with Gasteiger partial charge < -0.3 is 8.98 Å². The van der Waals surface area contributed by atoms with Crippen LogP contribution >= 0.6 is 0 Å². The number of furan rings is 1. The van der Waals surface area contributed by atoms with Gasteiger partial charge in [-0.1, -0.05) is 171 Å². The summed E-state index contributed by atoms with van der Waals surface area (Å²) in [5.74, 6) is 0.743. The molecule has 2 aromatic heterocycles. The fraction of sp³-hybridized carbons (Fsp3) is 0.0492. The second kappa shape index (κ2) is 14.9. The van der Waals surface area contributed by atoms with Gasteiger partial charge in [-0.3, -0.25) is 0 Å². The molecule has 1 atom stereocenters. The number of para-hydroxylation sites is 1. The van der Waals surface area contributed by atoms with Crippen molar-refractivity contribution in [1.29, 1.82) is 0 Å². The van der Waals surface area contributed by atoms with Crippen molar-refractivity contribution in [2.75, 3.05) is 0 Å². The maximum Gasteiger partial charge on any atom is 0.160 e. The molecule has 4 heteroatoms. The molecule has 13 rings (SSSR count). The number of benzene rings is 10. The van der Waals surface area contributed by atoms with Gasteiger partial charge in [0.2, 0.25) is 0 Å². The number of aromatic nitrogens is 1. The molecule has 1 aliphatic heterocycles. The molecule has 0 bridgehead atoms. The van der Waals surface area contributed by atoms with Crippen LogP contribution in [0.5, 0.6) is 0 Å². The Kier molecular flexibility index (Phi) is 8.53. The Hall–Kier alpha value is -8.34. The van der Waals surface area contributed by atoms with Crippen molar-refractivity contribution in [3.63, 3.8) is 0 Å². The van der Waals surface area contributed by atoms with Crippen molar-refractivity contribution in [3.05, 3.63) is 229 Å².